The van der Waals surface area contributed by atoms with Crippen molar-refractivity contribution in [2.45, 2.75) is 38.5 Å². The van der Waals surface area contributed by atoms with Crippen LogP contribution in [0.5, 0.6) is 0 Å². The number of carbonyl (C=O) groups excluding carboxylic acids is 2. The van der Waals surface area contributed by atoms with E-state index in [1.807, 2.05) is 15.2 Å². The van der Waals surface area contributed by atoms with Gasteiger partial charge in [0.15, 0.2) is 0 Å². The minimum absolute atomic E-state index is 0. The topological polar surface area (TPSA) is 79.5 Å². The Morgan fingerprint density at radius 2 is 1.76 bits per heavy atom. The number of hydrogen-bond acceptors (Lipinski definition) is 5. The highest BCUT2D eigenvalue weighted by atomic mass is 35.5. The summed E-state index contributed by atoms with van der Waals surface area (Å²) in [6.07, 6.45) is 6.36. The smallest absolute Gasteiger partial charge is 0.273 e. The molecule has 0 bridgehead atoms. The van der Waals surface area contributed by atoms with E-state index in [4.69, 9.17) is 5.73 Å². The van der Waals surface area contributed by atoms with Crippen LogP contribution in [-0.4, -0.2) is 59.3 Å². The molecule has 1 saturated heterocycles. The zero-order valence-electron chi connectivity index (χ0n) is 14.5. The number of hydrogen-bond donors (Lipinski definition) is 1. The fourth-order valence-corrected chi connectivity index (χ4v) is 4.34. The minimum Gasteiger partial charge on any atom is -0.339 e. The van der Waals surface area contributed by atoms with E-state index in [2.05, 4.69) is 4.98 Å². The van der Waals surface area contributed by atoms with Gasteiger partial charge in [0.05, 0.1) is 5.01 Å². The van der Waals surface area contributed by atoms with Crippen LogP contribution in [0.1, 0.15) is 47.6 Å². The normalized spacial score (nSPS) is 18.8. The van der Waals surface area contributed by atoms with E-state index in [-0.39, 0.29) is 24.2 Å². The van der Waals surface area contributed by atoms with Crippen LogP contribution in [0.25, 0.3) is 0 Å². The van der Waals surface area contributed by atoms with Gasteiger partial charge in [-0.1, -0.05) is 19.3 Å². The van der Waals surface area contributed by atoms with Crippen molar-refractivity contribution in [1.82, 2.24) is 14.8 Å². The summed E-state index contributed by atoms with van der Waals surface area (Å²) in [6, 6.07) is 0. The molecule has 6 nitrogen and oxygen atoms in total. The van der Waals surface area contributed by atoms with Gasteiger partial charge in [0, 0.05) is 43.9 Å². The first-order valence-electron chi connectivity index (χ1n) is 8.91. The second-order valence-corrected chi connectivity index (χ2v) is 7.56. The zero-order valence-corrected chi connectivity index (χ0v) is 16.1. The Hall–Kier alpha value is -1.18. The van der Waals surface area contributed by atoms with E-state index in [1.54, 1.807) is 0 Å². The molecule has 0 unspecified atom stereocenters. The number of halogens is 1. The second-order valence-electron chi connectivity index (χ2n) is 6.62. The summed E-state index contributed by atoms with van der Waals surface area (Å²) in [6.45, 7) is 3.02. The highest BCUT2D eigenvalue weighted by Crippen LogP contribution is 2.26. The number of carbonyl (C=O) groups is 2. The van der Waals surface area contributed by atoms with Crippen LogP contribution in [0.4, 0.5) is 0 Å². The summed E-state index contributed by atoms with van der Waals surface area (Å²) in [5.74, 6) is 0.471. The molecular formula is C17H27ClN4O2S. The summed E-state index contributed by atoms with van der Waals surface area (Å²) in [7, 11) is 0. The number of rotatable bonds is 4. The number of aromatic nitrogens is 1. The first kappa shape index (κ1) is 20.1. The molecule has 2 amide bonds. The van der Waals surface area contributed by atoms with Gasteiger partial charge in [-0.3, -0.25) is 9.59 Å². The molecule has 1 saturated carbocycles. The molecule has 2 aliphatic rings. The minimum atomic E-state index is -0.0284. The SMILES string of the molecule is Cl.NCCc1nc(C(=O)N2CCN(C(=O)C3CCCCC3)CC2)cs1. The van der Waals surface area contributed by atoms with Crippen molar-refractivity contribution in [2.75, 3.05) is 32.7 Å². The number of piperazine rings is 1. The summed E-state index contributed by atoms with van der Waals surface area (Å²) in [5, 5.41) is 2.72. The lowest BCUT2D eigenvalue weighted by atomic mass is 9.88. The lowest BCUT2D eigenvalue weighted by molar-refractivity contribution is -0.138. The third-order valence-electron chi connectivity index (χ3n) is 4.96. The maximum Gasteiger partial charge on any atom is 0.273 e. The van der Waals surface area contributed by atoms with Gasteiger partial charge in [-0.05, 0) is 19.4 Å². The van der Waals surface area contributed by atoms with Crippen molar-refractivity contribution >= 4 is 35.6 Å². The second kappa shape index (κ2) is 9.50. The van der Waals surface area contributed by atoms with E-state index in [1.165, 1.54) is 30.6 Å². The third kappa shape index (κ3) is 4.92. The predicted molar refractivity (Wildman–Crippen MR) is 101 cm³/mol. The molecule has 1 aromatic rings. The molecular weight excluding hydrogens is 360 g/mol. The highest BCUT2D eigenvalue weighted by Gasteiger charge is 2.30. The predicted octanol–water partition coefficient (Wildman–Crippen LogP) is 1.93. The molecule has 1 aromatic heterocycles. The quantitative estimate of drug-likeness (QED) is 0.857. The lowest BCUT2D eigenvalue weighted by Gasteiger charge is -2.36. The fraction of sp³-hybridized carbons (Fsp3) is 0.706. The molecule has 2 N–H and O–H groups in total. The number of thiazole rings is 1. The molecule has 0 spiro atoms. The first-order chi connectivity index (χ1) is 11.7. The van der Waals surface area contributed by atoms with Crippen molar-refractivity contribution in [3.8, 4) is 0 Å². The Kier molecular flexibility index (Phi) is 7.65. The van der Waals surface area contributed by atoms with Crippen molar-refractivity contribution in [1.29, 1.82) is 0 Å². The first-order valence-corrected chi connectivity index (χ1v) is 9.79. The zero-order chi connectivity index (χ0) is 16.9. The van der Waals surface area contributed by atoms with Crippen LogP contribution in [0.15, 0.2) is 5.38 Å². The van der Waals surface area contributed by atoms with Crippen molar-refractivity contribution in [3.05, 3.63) is 16.1 Å². The van der Waals surface area contributed by atoms with Crippen LogP contribution in [0.3, 0.4) is 0 Å². The van der Waals surface area contributed by atoms with Gasteiger partial charge in [0.2, 0.25) is 5.91 Å². The van der Waals surface area contributed by atoms with Crippen molar-refractivity contribution in [2.24, 2.45) is 11.7 Å². The molecule has 0 radical (unpaired) electrons. The average Bonchev–Trinajstić information content (AvgIpc) is 3.10. The molecule has 140 valence electrons. The van der Waals surface area contributed by atoms with E-state index in [0.29, 0.717) is 50.7 Å². The van der Waals surface area contributed by atoms with E-state index in [0.717, 1.165) is 17.8 Å². The van der Waals surface area contributed by atoms with Crippen LogP contribution in [-0.2, 0) is 11.2 Å². The molecule has 1 aliphatic carbocycles. The Morgan fingerprint density at radius 1 is 1.12 bits per heavy atom. The lowest BCUT2D eigenvalue weighted by Crippen LogP contribution is -2.52. The summed E-state index contributed by atoms with van der Waals surface area (Å²) < 4.78 is 0. The van der Waals surface area contributed by atoms with Gasteiger partial charge in [-0.25, -0.2) is 4.98 Å². The van der Waals surface area contributed by atoms with E-state index >= 15 is 0 Å². The van der Waals surface area contributed by atoms with Crippen LogP contribution in [0, 0.1) is 5.92 Å². The molecule has 2 heterocycles. The third-order valence-corrected chi connectivity index (χ3v) is 5.87. The van der Waals surface area contributed by atoms with Crippen molar-refractivity contribution < 1.29 is 9.59 Å². The number of nitrogens with two attached hydrogens (primary N) is 1. The fourth-order valence-electron chi connectivity index (χ4n) is 3.55. The summed E-state index contributed by atoms with van der Waals surface area (Å²) >= 11 is 1.49. The Balaban J connectivity index is 0.00000225. The Morgan fingerprint density at radius 3 is 2.40 bits per heavy atom. The van der Waals surface area contributed by atoms with Gasteiger partial charge >= 0.3 is 0 Å². The Labute approximate surface area is 159 Å². The van der Waals surface area contributed by atoms with E-state index in [9.17, 15) is 9.59 Å². The van der Waals surface area contributed by atoms with E-state index < -0.39 is 0 Å². The maximum atomic E-state index is 12.6. The Bertz CT molecular complexity index is 581. The molecule has 3 rings (SSSR count). The van der Waals surface area contributed by atoms with Crippen molar-refractivity contribution in [3.63, 3.8) is 0 Å². The van der Waals surface area contributed by atoms with Crippen LogP contribution < -0.4 is 5.73 Å². The standard InChI is InChI=1S/C17H26N4O2S.ClH/c18-7-6-15-19-14(12-24-15)17(23)21-10-8-20(9-11-21)16(22)13-4-2-1-3-5-13;/h12-13H,1-11,18H2;1H. The molecule has 2 fully saturated rings. The number of nitrogens with zero attached hydrogens (tertiary/aromatic N) is 3. The maximum absolute atomic E-state index is 12.6. The van der Waals surface area contributed by atoms with Gasteiger partial charge in [0.25, 0.3) is 5.91 Å². The molecule has 0 atom stereocenters. The number of amides is 2. The van der Waals surface area contributed by atoms with Gasteiger partial charge in [-0.2, -0.15) is 0 Å². The molecule has 8 heteroatoms. The largest absolute Gasteiger partial charge is 0.339 e. The van der Waals surface area contributed by atoms with Gasteiger partial charge in [-0.15, -0.1) is 23.7 Å². The summed E-state index contributed by atoms with van der Waals surface area (Å²) in [4.78, 5) is 33.2. The van der Waals surface area contributed by atoms with Crippen LogP contribution in [0.2, 0.25) is 0 Å². The molecule has 25 heavy (non-hydrogen) atoms. The van der Waals surface area contributed by atoms with Gasteiger partial charge in [0.1, 0.15) is 5.69 Å². The average molecular weight is 387 g/mol. The molecule has 0 aromatic carbocycles. The molecule has 1 aliphatic heterocycles. The summed E-state index contributed by atoms with van der Waals surface area (Å²) in [5.41, 5.74) is 6.04. The van der Waals surface area contributed by atoms with Gasteiger partial charge < -0.3 is 15.5 Å². The highest BCUT2D eigenvalue weighted by molar-refractivity contribution is 7.09. The monoisotopic (exact) mass is 386 g/mol. The van der Waals surface area contributed by atoms with Crippen LogP contribution >= 0.6 is 23.7 Å².